The van der Waals surface area contributed by atoms with E-state index in [2.05, 4.69) is 21.2 Å². The summed E-state index contributed by atoms with van der Waals surface area (Å²) in [5, 5.41) is 3.88. The van der Waals surface area contributed by atoms with Gasteiger partial charge in [0.2, 0.25) is 5.91 Å². The van der Waals surface area contributed by atoms with E-state index in [4.69, 9.17) is 32.7 Å². The summed E-state index contributed by atoms with van der Waals surface area (Å²) in [6, 6.07) is 19.8. The first-order chi connectivity index (χ1) is 18.0. The molecule has 0 spiro atoms. The highest BCUT2D eigenvalue weighted by Crippen LogP contribution is 2.39. The molecule has 1 aliphatic rings. The zero-order valence-corrected chi connectivity index (χ0v) is 24.4. The van der Waals surface area contributed by atoms with Crippen LogP contribution in [0.25, 0.3) is 0 Å². The van der Waals surface area contributed by atoms with E-state index in [9.17, 15) is 9.59 Å². The van der Waals surface area contributed by atoms with E-state index in [-0.39, 0.29) is 12.5 Å². The van der Waals surface area contributed by atoms with E-state index in [1.54, 1.807) is 23.1 Å². The highest BCUT2D eigenvalue weighted by Gasteiger charge is 2.43. The van der Waals surface area contributed by atoms with Crippen molar-refractivity contribution in [2.24, 2.45) is 5.92 Å². The number of hydrogen-bond donors (Lipinski definition) is 1. The van der Waals surface area contributed by atoms with Crippen molar-refractivity contribution in [1.82, 2.24) is 10.2 Å². The van der Waals surface area contributed by atoms with Gasteiger partial charge >= 0.3 is 6.09 Å². The van der Waals surface area contributed by atoms with Crippen LogP contribution in [0.1, 0.15) is 44.4 Å². The lowest BCUT2D eigenvalue weighted by Gasteiger charge is -2.30. The Balaban J connectivity index is 1.52. The summed E-state index contributed by atoms with van der Waals surface area (Å²) in [6.45, 7) is 6.17. The van der Waals surface area contributed by atoms with Gasteiger partial charge in [0.1, 0.15) is 17.1 Å². The monoisotopic (exact) mass is 618 g/mol. The largest absolute Gasteiger partial charge is 0.457 e. The highest BCUT2D eigenvalue weighted by molar-refractivity contribution is 9.10. The third kappa shape index (κ3) is 7.01. The molecule has 0 aromatic heterocycles. The minimum Gasteiger partial charge on any atom is -0.457 e. The Kier molecular flexibility index (Phi) is 8.91. The van der Waals surface area contributed by atoms with Crippen molar-refractivity contribution < 1.29 is 19.1 Å². The molecule has 3 aromatic rings. The maximum atomic E-state index is 13.5. The Bertz CT molecular complexity index is 1310. The van der Waals surface area contributed by atoms with Gasteiger partial charge in [-0.1, -0.05) is 75.5 Å². The van der Waals surface area contributed by atoms with Crippen LogP contribution in [-0.4, -0.2) is 29.0 Å². The summed E-state index contributed by atoms with van der Waals surface area (Å²) >= 11 is 15.7. The van der Waals surface area contributed by atoms with Gasteiger partial charge in [0, 0.05) is 29.2 Å². The Morgan fingerprint density at radius 1 is 1.03 bits per heavy atom. The normalized spacial score (nSPS) is 17.3. The number of hydrogen-bond acceptors (Lipinski definition) is 4. The third-order valence-corrected chi connectivity index (χ3v) is 7.34. The van der Waals surface area contributed by atoms with Crippen LogP contribution in [0.15, 0.2) is 71.2 Å². The number of amides is 2. The molecule has 1 N–H and O–H groups in total. The van der Waals surface area contributed by atoms with Gasteiger partial charge in [-0.3, -0.25) is 4.79 Å². The summed E-state index contributed by atoms with van der Waals surface area (Å²) in [5.41, 5.74) is 1.04. The second kappa shape index (κ2) is 12.0. The Hall–Kier alpha value is -2.74. The summed E-state index contributed by atoms with van der Waals surface area (Å²) in [4.78, 5) is 28.2. The maximum absolute atomic E-state index is 13.5. The van der Waals surface area contributed by atoms with E-state index in [1.165, 1.54) is 0 Å². The van der Waals surface area contributed by atoms with Crippen molar-refractivity contribution in [3.05, 3.63) is 92.4 Å². The Labute approximate surface area is 241 Å². The molecule has 6 nitrogen and oxygen atoms in total. The molecule has 3 aromatic carbocycles. The van der Waals surface area contributed by atoms with Crippen LogP contribution in [-0.2, 0) is 16.1 Å². The van der Waals surface area contributed by atoms with Crippen LogP contribution < -0.4 is 10.1 Å². The fourth-order valence-corrected chi connectivity index (χ4v) is 5.03. The predicted octanol–water partition coefficient (Wildman–Crippen LogP) is 8.16. The van der Waals surface area contributed by atoms with Crippen molar-refractivity contribution in [2.75, 3.05) is 6.54 Å². The number of halogens is 3. The molecule has 1 saturated heterocycles. The number of nitrogens with one attached hydrogen (secondary N) is 1. The van der Waals surface area contributed by atoms with Gasteiger partial charge in [0.15, 0.2) is 0 Å². The van der Waals surface area contributed by atoms with Crippen LogP contribution in [0.2, 0.25) is 10.0 Å². The lowest BCUT2D eigenvalue weighted by molar-refractivity contribution is -0.125. The minimum absolute atomic E-state index is 0.145. The van der Waals surface area contributed by atoms with Crippen LogP contribution in [0, 0.1) is 5.92 Å². The van der Waals surface area contributed by atoms with E-state index >= 15 is 0 Å². The van der Waals surface area contributed by atoms with Crippen molar-refractivity contribution >= 4 is 51.1 Å². The molecule has 2 unspecified atom stereocenters. The first kappa shape index (κ1) is 28.3. The van der Waals surface area contributed by atoms with Gasteiger partial charge < -0.3 is 19.7 Å². The SMILES string of the molecule is CC(C)(C)OC(=O)N1CCC(C(=O)NCc2ccc(Br)cc2Oc2ccc(Cl)c(Cl)c2)C1c1ccccc1. The zero-order chi connectivity index (χ0) is 27.4. The Morgan fingerprint density at radius 3 is 2.45 bits per heavy atom. The van der Waals surface area contributed by atoms with Crippen molar-refractivity contribution in [3.8, 4) is 11.5 Å². The number of carbonyl (C=O) groups is 2. The summed E-state index contributed by atoms with van der Waals surface area (Å²) in [7, 11) is 0. The van der Waals surface area contributed by atoms with Gasteiger partial charge in [0.05, 0.1) is 22.0 Å². The summed E-state index contributed by atoms with van der Waals surface area (Å²) in [5.74, 6) is 0.519. The second-order valence-corrected chi connectivity index (χ2v) is 11.8. The van der Waals surface area contributed by atoms with E-state index in [0.717, 1.165) is 15.6 Å². The zero-order valence-electron chi connectivity index (χ0n) is 21.3. The quantitative estimate of drug-likeness (QED) is 0.302. The fraction of sp³-hybridized carbons (Fsp3) is 0.310. The first-order valence-electron chi connectivity index (χ1n) is 12.3. The van der Waals surface area contributed by atoms with Crippen LogP contribution >= 0.6 is 39.1 Å². The standard InChI is InChI=1S/C29H29BrCl2N2O4/c1-29(2,3)38-28(36)34-14-13-22(26(34)18-7-5-4-6-8-18)27(35)33-17-19-9-10-20(30)15-25(19)37-21-11-12-23(31)24(32)16-21/h4-12,15-16,22,26H,13-14,17H2,1-3H3,(H,33,35). The van der Waals surface area contributed by atoms with Crippen LogP contribution in [0.5, 0.6) is 11.5 Å². The van der Waals surface area contributed by atoms with E-state index in [1.807, 2.05) is 69.3 Å². The Morgan fingerprint density at radius 2 is 1.76 bits per heavy atom. The average molecular weight is 620 g/mol. The maximum Gasteiger partial charge on any atom is 0.410 e. The number of ether oxygens (including phenoxy) is 2. The molecule has 9 heteroatoms. The second-order valence-electron chi connectivity index (χ2n) is 10.1. The van der Waals surface area contributed by atoms with E-state index < -0.39 is 23.7 Å². The number of nitrogens with zero attached hydrogens (tertiary/aromatic N) is 1. The number of rotatable bonds is 6. The summed E-state index contributed by atoms with van der Waals surface area (Å²) < 4.78 is 12.6. The molecule has 2 atom stereocenters. The molecular formula is C29H29BrCl2N2O4. The highest BCUT2D eigenvalue weighted by atomic mass is 79.9. The molecule has 38 heavy (non-hydrogen) atoms. The summed E-state index contributed by atoms with van der Waals surface area (Å²) in [6.07, 6.45) is 0.101. The van der Waals surface area contributed by atoms with Crippen molar-refractivity contribution in [2.45, 2.75) is 45.4 Å². The van der Waals surface area contributed by atoms with Gasteiger partial charge in [-0.25, -0.2) is 4.79 Å². The van der Waals surface area contributed by atoms with E-state index in [0.29, 0.717) is 34.5 Å². The molecule has 1 fully saturated rings. The smallest absolute Gasteiger partial charge is 0.410 e. The molecule has 1 aliphatic heterocycles. The first-order valence-corrected chi connectivity index (χ1v) is 13.8. The minimum atomic E-state index is -0.634. The molecule has 0 bridgehead atoms. The van der Waals surface area contributed by atoms with Gasteiger partial charge in [0.25, 0.3) is 0 Å². The van der Waals surface area contributed by atoms with Gasteiger partial charge in [-0.05, 0) is 57.0 Å². The third-order valence-electron chi connectivity index (χ3n) is 6.10. The number of carbonyl (C=O) groups excluding carboxylic acids is 2. The lowest BCUT2D eigenvalue weighted by atomic mass is 9.93. The predicted molar refractivity (Wildman–Crippen MR) is 153 cm³/mol. The van der Waals surface area contributed by atoms with Crippen LogP contribution in [0.4, 0.5) is 4.79 Å². The number of benzene rings is 3. The van der Waals surface area contributed by atoms with Crippen molar-refractivity contribution in [3.63, 3.8) is 0 Å². The molecule has 0 radical (unpaired) electrons. The van der Waals surface area contributed by atoms with Gasteiger partial charge in [-0.15, -0.1) is 0 Å². The molecule has 0 saturated carbocycles. The van der Waals surface area contributed by atoms with Crippen molar-refractivity contribution in [1.29, 1.82) is 0 Å². The molecule has 1 heterocycles. The molecule has 4 rings (SSSR count). The molecule has 2 amide bonds. The molecule has 200 valence electrons. The van der Waals surface area contributed by atoms with Crippen LogP contribution in [0.3, 0.4) is 0 Å². The van der Waals surface area contributed by atoms with Gasteiger partial charge in [-0.2, -0.15) is 0 Å². The molecule has 0 aliphatic carbocycles. The number of likely N-dealkylation sites (tertiary alicyclic amines) is 1. The fourth-order valence-electron chi connectivity index (χ4n) is 4.40. The molecular weight excluding hydrogens is 591 g/mol. The topological polar surface area (TPSA) is 67.9 Å². The lowest BCUT2D eigenvalue weighted by Crippen LogP contribution is -2.39. The average Bonchev–Trinajstić information content (AvgIpc) is 3.31.